The minimum atomic E-state index is -0.449. The zero-order chi connectivity index (χ0) is 18.8. The van der Waals surface area contributed by atoms with Gasteiger partial charge >= 0.3 is 5.97 Å². The first-order valence-electron chi connectivity index (χ1n) is 7.32. The number of nitrogens with zero attached hydrogens (tertiary/aromatic N) is 1. The Morgan fingerprint density at radius 1 is 1.08 bits per heavy atom. The molecule has 0 saturated carbocycles. The number of ether oxygens (including phenoxy) is 1. The van der Waals surface area contributed by atoms with Gasteiger partial charge in [-0.05, 0) is 53.7 Å². The van der Waals surface area contributed by atoms with Gasteiger partial charge in [0.15, 0.2) is 0 Å². The van der Waals surface area contributed by atoms with Gasteiger partial charge in [0.25, 0.3) is 11.1 Å². The molecule has 1 fully saturated rings. The Labute approximate surface area is 163 Å². The topological polar surface area (TPSA) is 63.7 Å². The average Bonchev–Trinajstić information content (AvgIpc) is 2.91. The van der Waals surface area contributed by atoms with Gasteiger partial charge in [0.1, 0.15) is 0 Å². The lowest BCUT2D eigenvalue weighted by Crippen LogP contribution is -2.27. The second kappa shape index (κ2) is 7.53. The number of anilines is 1. The number of halogens is 2. The van der Waals surface area contributed by atoms with E-state index in [0.29, 0.717) is 21.8 Å². The highest BCUT2D eigenvalue weighted by atomic mass is 35.5. The van der Waals surface area contributed by atoms with Crippen molar-refractivity contribution < 1.29 is 19.1 Å². The fourth-order valence-electron chi connectivity index (χ4n) is 2.30. The van der Waals surface area contributed by atoms with Gasteiger partial charge < -0.3 is 4.74 Å². The lowest BCUT2D eigenvalue weighted by molar-refractivity contribution is -0.113. The van der Waals surface area contributed by atoms with E-state index < -0.39 is 17.1 Å². The van der Waals surface area contributed by atoms with Crippen molar-refractivity contribution >= 4 is 63.8 Å². The highest BCUT2D eigenvalue weighted by molar-refractivity contribution is 8.19. The Hall–Kier alpha value is -2.28. The van der Waals surface area contributed by atoms with Gasteiger partial charge in [-0.15, -0.1) is 0 Å². The first-order chi connectivity index (χ1) is 12.4. The van der Waals surface area contributed by atoms with E-state index in [4.69, 9.17) is 23.2 Å². The number of methoxy groups -OCH3 is 1. The van der Waals surface area contributed by atoms with E-state index in [1.807, 2.05) is 0 Å². The first kappa shape index (κ1) is 18.5. The number of hydrogen-bond acceptors (Lipinski definition) is 5. The maximum atomic E-state index is 12.6. The molecule has 2 aromatic carbocycles. The predicted octanol–water partition coefficient (Wildman–Crippen LogP) is 5.02. The van der Waals surface area contributed by atoms with E-state index in [1.54, 1.807) is 36.4 Å². The van der Waals surface area contributed by atoms with Crippen LogP contribution in [0.5, 0.6) is 0 Å². The molecule has 0 atom stereocenters. The molecule has 0 radical (unpaired) electrons. The average molecular weight is 408 g/mol. The van der Waals surface area contributed by atoms with Gasteiger partial charge in [-0.3, -0.25) is 9.59 Å². The molecule has 5 nitrogen and oxygen atoms in total. The van der Waals surface area contributed by atoms with E-state index in [0.717, 1.165) is 16.7 Å². The monoisotopic (exact) mass is 407 g/mol. The van der Waals surface area contributed by atoms with Gasteiger partial charge in [0.05, 0.1) is 33.3 Å². The largest absolute Gasteiger partial charge is 0.465 e. The molecule has 132 valence electrons. The highest BCUT2D eigenvalue weighted by Gasteiger charge is 2.36. The number of esters is 1. The Bertz CT molecular complexity index is 941. The predicted molar refractivity (Wildman–Crippen MR) is 103 cm³/mol. The summed E-state index contributed by atoms with van der Waals surface area (Å²) in [5, 5.41) is 0.167. The van der Waals surface area contributed by atoms with Crippen LogP contribution in [0, 0.1) is 0 Å². The lowest BCUT2D eigenvalue weighted by atomic mass is 10.1. The number of amides is 2. The Balaban J connectivity index is 1.87. The molecule has 0 spiro atoms. The van der Waals surface area contributed by atoms with E-state index in [9.17, 15) is 14.4 Å². The first-order valence-corrected chi connectivity index (χ1v) is 8.89. The molecule has 0 aliphatic carbocycles. The maximum Gasteiger partial charge on any atom is 0.337 e. The number of benzene rings is 2. The summed E-state index contributed by atoms with van der Waals surface area (Å²) in [6, 6.07) is 11.0. The van der Waals surface area contributed by atoms with Crippen molar-refractivity contribution in [3.63, 3.8) is 0 Å². The second-order valence-corrected chi connectivity index (χ2v) is 7.04. The summed E-state index contributed by atoms with van der Waals surface area (Å²) < 4.78 is 4.64. The zero-order valence-corrected chi connectivity index (χ0v) is 15.7. The van der Waals surface area contributed by atoms with Gasteiger partial charge in [0.2, 0.25) is 0 Å². The molecule has 0 bridgehead atoms. The standard InChI is InChI=1S/C18H11Cl2NO4S/c1-25-17(23)11-4-2-10(3-5-11)8-15-16(22)21(18(24)26-15)12-6-7-13(19)14(20)9-12/h2-9H,1H3/b15-8-. The van der Waals surface area contributed by atoms with Crippen LogP contribution in [-0.2, 0) is 9.53 Å². The van der Waals surface area contributed by atoms with Crippen molar-refractivity contribution in [1.82, 2.24) is 0 Å². The second-order valence-electron chi connectivity index (χ2n) is 5.23. The third-order valence-corrected chi connectivity index (χ3v) is 5.19. The molecule has 2 aromatic rings. The van der Waals surface area contributed by atoms with Crippen LogP contribution in [0.15, 0.2) is 47.4 Å². The van der Waals surface area contributed by atoms with E-state index in [2.05, 4.69) is 4.74 Å². The summed E-state index contributed by atoms with van der Waals surface area (Å²) in [5.41, 5.74) is 1.43. The van der Waals surface area contributed by atoms with Crippen LogP contribution in [0.3, 0.4) is 0 Å². The third-order valence-electron chi connectivity index (χ3n) is 3.58. The lowest BCUT2D eigenvalue weighted by Gasteiger charge is -2.13. The Kier molecular flexibility index (Phi) is 5.36. The number of imide groups is 1. The smallest absolute Gasteiger partial charge is 0.337 e. The van der Waals surface area contributed by atoms with E-state index >= 15 is 0 Å². The van der Waals surface area contributed by atoms with Crippen LogP contribution < -0.4 is 4.90 Å². The molecular formula is C18H11Cl2NO4S. The molecule has 2 amide bonds. The van der Waals surface area contributed by atoms with Crippen LogP contribution in [0.25, 0.3) is 6.08 Å². The Morgan fingerprint density at radius 3 is 2.38 bits per heavy atom. The normalized spacial score (nSPS) is 15.7. The van der Waals surface area contributed by atoms with Crippen molar-refractivity contribution in [2.45, 2.75) is 0 Å². The molecule has 1 aliphatic rings. The third kappa shape index (κ3) is 3.62. The molecule has 26 heavy (non-hydrogen) atoms. The van der Waals surface area contributed by atoms with Crippen LogP contribution in [0.1, 0.15) is 15.9 Å². The van der Waals surface area contributed by atoms with Crippen molar-refractivity contribution in [3.05, 3.63) is 68.5 Å². The van der Waals surface area contributed by atoms with E-state index in [-0.39, 0.29) is 9.93 Å². The van der Waals surface area contributed by atoms with Crippen LogP contribution in [0.2, 0.25) is 10.0 Å². The molecule has 1 saturated heterocycles. The van der Waals surface area contributed by atoms with Crippen molar-refractivity contribution in [1.29, 1.82) is 0 Å². The molecule has 1 heterocycles. The summed E-state index contributed by atoms with van der Waals surface area (Å²) >= 11 is 12.7. The molecule has 0 unspecified atom stereocenters. The molecule has 8 heteroatoms. The van der Waals surface area contributed by atoms with Crippen molar-refractivity contribution in [2.75, 3.05) is 12.0 Å². The fraction of sp³-hybridized carbons (Fsp3) is 0.0556. The maximum absolute atomic E-state index is 12.6. The summed E-state index contributed by atoms with van der Waals surface area (Å²) in [6.45, 7) is 0. The number of rotatable bonds is 3. The molecule has 0 N–H and O–H groups in total. The van der Waals surface area contributed by atoms with Gasteiger partial charge in [0, 0.05) is 0 Å². The van der Waals surface area contributed by atoms with Gasteiger partial charge in [-0.25, -0.2) is 9.69 Å². The SMILES string of the molecule is COC(=O)c1ccc(/C=C2\SC(=O)N(c3ccc(Cl)c(Cl)c3)C2=O)cc1. The fourth-order valence-corrected chi connectivity index (χ4v) is 3.43. The zero-order valence-electron chi connectivity index (χ0n) is 13.4. The van der Waals surface area contributed by atoms with Crippen molar-refractivity contribution in [2.24, 2.45) is 0 Å². The molecule has 1 aliphatic heterocycles. The summed E-state index contributed by atoms with van der Waals surface area (Å²) in [6.07, 6.45) is 1.59. The van der Waals surface area contributed by atoms with Crippen LogP contribution >= 0.6 is 35.0 Å². The minimum Gasteiger partial charge on any atom is -0.465 e. The number of thioether (sulfide) groups is 1. The summed E-state index contributed by atoms with van der Waals surface area (Å²) in [7, 11) is 1.30. The summed E-state index contributed by atoms with van der Waals surface area (Å²) in [5.74, 6) is -0.896. The number of carbonyl (C=O) groups excluding carboxylic acids is 3. The number of hydrogen-bond donors (Lipinski definition) is 0. The number of carbonyl (C=O) groups is 3. The van der Waals surface area contributed by atoms with Crippen molar-refractivity contribution in [3.8, 4) is 0 Å². The van der Waals surface area contributed by atoms with Gasteiger partial charge in [-0.2, -0.15) is 0 Å². The highest BCUT2D eigenvalue weighted by Crippen LogP contribution is 2.37. The molecule has 0 aromatic heterocycles. The quantitative estimate of drug-likeness (QED) is 0.527. The minimum absolute atomic E-state index is 0.255. The summed E-state index contributed by atoms with van der Waals surface area (Å²) in [4.78, 5) is 37.6. The van der Waals surface area contributed by atoms with Crippen LogP contribution in [0.4, 0.5) is 10.5 Å². The van der Waals surface area contributed by atoms with E-state index in [1.165, 1.54) is 19.2 Å². The molecule has 3 rings (SSSR count). The Morgan fingerprint density at radius 2 is 1.77 bits per heavy atom. The van der Waals surface area contributed by atoms with Gasteiger partial charge in [-0.1, -0.05) is 35.3 Å². The molecular weight excluding hydrogens is 397 g/mol. The van der Waals surface area contributed by atoms with Crippen LogP contribution in [-0.4, -0.2) is 24.2 Å².